The Balaban J connectivity index is 1.79. The van der Waals surface area contributed by atoms with Gasteiger partial charge in [0.1, 0.15) is 35.0 Å². The minimum atomic E-state index is -0.315. The number of nitrogens with one attached hydrogen (secondary N) is 1. The van der Waals surface area contributed by atoms with Crippen molar-refractivity contribution in [3.63, 3.8) is 0 Å². The van der Waals surface area contributed by atoms with E-state index in [1.807, 2.05) is 24.3 Å². The van der Waals surface area contributed by atoms with E-state index in [0.717, 1.165) is 5.00 Å². The molecule has 0 radical (unpaired) electrons. The molecular formula is C16H11FN6S. The highest BCUT2D eigenvalue weighted by Gasteiger charge is 2.16. The van der Waals surface area contributed by atoms with Crippen molar-refractivity contribution in [1.82, 2.24) is 24.7 Å². The van der Waals surface area contributed by atoms with Crippen LogP contribution in [0.15, 0.2) is 61.3 Å². The summed E-state index contributed by atoms with van der Waals surface area (Å²) in [6.45, 7) is 0. The lowest BCUT2D eigenvalue weighted by Crippen LogP contribution is -1.94. The van der Waals surface area contributed by atoms with E-state index in [9.17, 15) is 4.39 Å². The van der Waals surface area contributed by atoms with E-state index in [0.29, 0.717) is 22.2 Å². The van der Waals surface area contributed by atoms with Gasteiger partial charge in [0.15, 0.2) is 5.13 Å². The van der Waals surface area contributed by atoms with Gasteiger partial charge in [0, 0.05) is 11.8 Å². The van der Waals surface area contributed by atoms with Gasteiger partial charge < -0.3 is 5.32 Å². The molecule has 4 aromatic rings. The average molecular weight is 338 g/mol. The van der Waals surface area contributed by atoms with E-state index in [1.165, 1.54) is 29.8 Å². The highest BCUT2D eigenvalue weighted by atomic mass is 32.1. The zero-order chi connectivity index (χ0) is 16.4. The number of hydrogen-bond donors (Lipinski definition) is 1. The predicted molar refractivity (Wildman–Crippen MR) is 89.9 cm³/mol. The van der Waals surface area contributed by atoms with Crippen molar-refractivity contribution in [1.29, 1.82) is 0 Å². The molecule has 0 saturated carbocycles. The Morgan fingerprint density at radius 1 is 1.12 bits per heavy atom. The van der Waals surface area contributed by atoms with Gasteiger partial charge in [0.25, 0.3) is 0 Å². The van der Waals surface area contributed by atoms with Crippen molar-refractivity contribution in [2.24, 2.45) is 0 Å². The summed E-state index contributed by atoms with van der Waals surface area (Å²) in [4.78, 5) is 12.8. The van der Waals surface area contributed by atoms with Gasteiger partial charge in [-0.15, -0.1) is 0 Å². The van der Waals surface area contributed by atoms with Crippen LogP contribution >= 0.6 is 11.3 Å². The molecule has 24 heavy (non-hydrogen) atoms. The van der Waals surface area contributed by atoms with Crippen LogP contribution in [0.1, 0.15) is 0 Å². The number of pyridine rings is 1. The summed E-state index contributed by atoms with van der Waals surface area (Å²) in [5, 5.41) is 8.69. The molecule has 1 N–H and O–H groups in total. The molecule has 1 aromatic carbocycles. The van der Waals surface area contributed by atoms with Crippen molar-refractivity contribution in [2.45, 2.75) is 0 Å². The van der Waals surface area contributed by atoms with E-state index in [-0.39, 0.29) is 5.82 Å². The van der Waals surface area contributed by atoms with Crippen molar-refractivity contribution >= 4 is 22.3 Å². The first kappa shape index (κ1) is 14.5. The number of halogens is 1. The topological polar surface area (TPSA) is 68.5 Å². The van der Waals surface area contributed by atoms with Gasteiger partial charge in [-0.05, 0) is 24.3 Å². The lowest BCUT2D eigenvalue weighted by Gasteiger charge is -2.01. The molecule has 0 unspecified atom stereocenters. The number of anilines is 2. The second-order valence-corrected chi connectivity index (χ2v) is 5.84. The van der Waals surface area contributed by atoms with E-state index in [4.69, 9.17) is 0 Å². The molecule has 118 valence electrons. The summed E-state index contributed by atoms with van der Waals surface area (Å²) in [6.07, 6.45) is 4.73. The van der Waals surface area contributed by atoms with Crippen LogP contribution in [0.4, 0.5) is 15.3 Å². The van der Waals surface area contributed by atoms with Gasteiger partial charge >= 0.3 is 0 Å². The number of benzene rings is 1. The Morgan fingerprint density at radius 2 is 2.08 bits per heavy atom. The second kappa shape index (κ2) is 6.17. The summed E-state index contributed by atoms with van der Waals surface area (Å²) < 4.78 is 15.2. The quantitative estimate of drug-likeness (QED) is 0.615. The molecule has 0 bridgehead atoms. The molecule has 4 rings (SSSR count). The number of aromatic nitrogens is 5. The maximum Gasteiger partial charge on any atom is 0.190 e. The monoisotopic (exact) mass is 338 g/mol. The van der Waals surface area contributed by atoms with Crippen LogP contribution in [0.25, 0.3) is 16.3 Å². The van der Waals surface area contributed by atoms with Gasteiger partial charge in [-0.25, -0.2) is 24.0 Å². The summed E-state index contributed by atoms with van der Waals surface area (Å²) in [5.41, 5.74) is 1.30. The molecular weight excluding hydrogens is 327 g/mol. The maximum absolute atomic E-state index is 13.6. The third-order valence-electron chi connectivity index (χ3n) is 3.23. The van der Waals surface area contributed by atoms with Gasteiger partial charge in [-0.2, -0.15) is 5.10 Å². The van der Waals surface area contributed by atoms with E-state index in [1.54, 1.807) is 23.3 Å². The molecule has 0 amide bonds. The zero-order valence-corrected chi connectivity index (χ0v) is 13.1. The van der Waals surface area contributed by atoms with E-state index < -0.39 is 0 Å². The second-order valence-electron chi connectivity index (χ2n) is 4.86. The number of thiazole rings is 1. The number of rotatable bonds is 4. The van der Waals surface area contributed by atoms with Crippen LogP contribution in [-0.2, 0) is 0 Å². The van der Waals surface area contributed by atoms with Crippen LogP contribution < -0.4 is 5.32 Å². The Kier molecular flexibility index (Phi) is 3.72. The van der Waals surface area contributed by atoms with Crippen molar-refractivity contribution in [3.05, 3.63) is 67.1 Å². The van der Waals surface area contributed by atoms with Crippen molar-refractivity contribution < 1.29 is 4.39 Å². The van der Waals surface area contributed by atoms with E-state index >= 15 is 0 Å². The maximum atomic E-state index is 13.6. The molecule has 0 aliphatic heterocycles. The lowest BCUT2D eigenvalue weighted by atomic mass is 10.1. The van der Waals surface area contributed by atoms with Crippen LogP contribution in [0.5, 0.6) is 0 Å². The standard InChI is InChI=1S/C16H11FN6S/c17-12-5-3-4-11(8-12)14-15(23-10-18-9-20-23)24-16(22-14)21-13-6-1-2-7-19-13/h1-10H,(H,19,21,22). The van der Waals surface area contributed by atoms with Gasteiger partial charge in [0.2, 0.25) is 0 Å². The Morgan fingerprint density at radius 3 is 2.83 bits per heavy atom. The van der Waals surface area contributed by atoms with Gasteiger partial charge in [-0.1, -0.05) is 29.5 Å². The average Bonchev–Trinajstić information content (AvgIpc) is 3.25. The Labute approximate surface area is 140 Å². The molecule has 0 aliphatic carbocycles. The SMILES string of the molecule is Fc1cccc(-c2nc(Nc3ccccn3)sc2-n2cncn2)c1. The fraction of sp³-hybridized carbons (Fsp3) is 0. The molecule has 0 saturated heterocycles. The fourth-order valence-corrected chi connectivity index (χ4v) is 3.13. The lowest BCUT2D eigenvalue weighted by molar-refractivity contribution is 0.628. The normalized spacial score (nSPS) is 10.7. The van der Waals surface area contributed by atoms with Crippen LogP contribution in [-0.4, -0.2) is 24.7 Å². The minimum absolute atomic E-state index is 0.315. The molecule has 0 spiro atoms. The smallest absolute Gasteiger partial charge is 0.190 e. The third-order valence-corrected chi connectivity index (χ3v) is 4.19. The van der Waals surface area contributed by atoms with Crippen LogP contribution in [0.2, 0.25) is 0 Å². The minimum Gasteiger partial charge on any atom is -0.316 e. The molecule has 3 aromatic heterocycles. The Bertz CT molecular complexity index is 952. The Hall–Kier alpha value is -3.13. The molecule has 0 fully saturated rings. The molecule has 8 heteroatoms. The first-order valence-corrected chi connectivity index (χ1v) is 7.91. The summed E-state index contributed by atoms with van der Waals surface area (Å²) in [6, 6.07) is 11.9. The first-order chi connectivity index (χ1) is 11.8. The summed E-state index contributed by atoms with van der Waals surface area (Å²) in [7, 11) is 0. The summed E-state index contributed by atoms with van der Waals surface area (Å²) >= 11 is 1.39. The molecule has 6 nitrogen and oxygen atoms in total. The predicted octanol–water partition coefficient (Wildman–Crippen LogP) is 3.67. The summed E-state index contributed by atoms with van der Waals surface area (Å²) in [5.74, 6) is 0.367. The first-order valence-electron chi connectivity index (χ1n) is 7.09. The van der Waals surface area contributed by atoms with Gasteiger partial charge in [-0.3, -0.25) is 0 Å². The highest BCUT2D eigenvalue weighted by Crippen LogP contribution is 2.34. The van der Waals surface area contributed by atoms with Gasteiger partial charge in [0.05, 0.1) is 0 Å². The van der Waals surface area contributed by atoms with E-state index in [2.05, 4.69) is 25.4 Å². The zero-order valence-electron chi connectivity index (χ0n) is 12.3. The molecule has 0 atom stereocenters. The largest absolute Gasteiger partial charge is 0.316 e. The highest BCUT2D eigenvalue weighted by molar-refractivity contribution is 7.18. The number of hydrogen-bond acceptors (Lipinski definition) is 6. The molecule has 3 heterocycles. The van der Waals surface area contributed by atoms with Crippen molar-refractivity contribution in [2.75, 3.05) is 5.32 Å². The van der Waals surface area contributed by atoms with Crippen LogP contribution in [0.3, 0.4) is 0 Å². The third kappa shape index (κ3) is 2.86. The number of nitrogens with zero attached hydrogens (tertiary/aromatic N) is 5. The molecule has 0 aliphatic rings. The fourth-order valence-electron chi connectivity index (χ4n) is 2.20. The van der Waals surface area contributed by atoms with Crippen molar-refractivity contribution in [3.8, 4) is 16.3 Å². The van der Waals surface area contributed by atoms with Crippen LogP contribution in [0, 0.1) is 5.82 Å².